The molecule has 0 radical (unpaired) electrons. The highest BCUT2D eigenvalue weighted by Gasteiger charge is 2.21. The summed E-state index contributed by atoms with van der Waals surface area (Å²) >= 11 is 0. The van der Waals surface area contributed by atoms with E-state index in [1.807, 2.05) is 0 Å². The molecule has 1 aromatic heterocycles. The highest BCUT2D eigenvalue weighted by atomic mass is 16.4. The summed E-state index contributed by atoms with van der Waals surface area (Å²) in [7, 11) is 1.62. The van der Waals surface area contributed by atoms with Crippen molar-refractivity contribution in [1.29, 1.82) is 0 Å². The van der Waals surface area contributed by atoms with Crippen molar-refractivity contribution in [3.8, 4) is 0 Å². The van der Waals surface area contributed by atoms with Gasteiger partial charge in [0.2, 0.25) is 0 Å². The molecule has 0 saturated carbocycles. The van der Waals surface area contributed by atoms with Gasteiger partial charge in [0.05, 0.1) is 11.0 Å². The summed E-state index contributed by atoms with van der Waals surface area (Å²) in [4.78, 5) is 25.7. The van der Waals surface area contributed by atoms with Gasteiger partial charge in [-0.1, -0.05) is 12.1 Å². The molecular weight excluding hydrogens is 196 g/mol. The van der Waals surface area contributed by atoms with E-state index in [1.54, 1.807) is 31.3 Å². The van der Waals surface area contributed by atoms with Gasteiger partial charge >= 0.3 is 11.8 Å². The van der Waals surface area contributed by atoms with Crippen LogP contribution in [0, 0.1) is 0 Å². The number of rotatable bonds is 2. The van der Waals surface area contributed by atoms with Crippen LogP contribution in [-0.2, 0) is 11.8 Å². The lowest BCUT2D eigenvalue weighted by Crippen LogP contribution is -2.17. The quantitative estimate of drug-likeness (QED) is 0.581. The Bertz CT molecular complexity index is 557. The number of carboxylic acid groups (broad SMARTS) is 1. The predicted octanol–water partition coefficient (Wildman–Crippen LogP) is 0.841. The molecule has 2 rings (SSSR count). The van der Waals surface area contributed by atoms with Crippen molar-refractivity contribution in [2.45, 2.75) is 0 Å². The van der Waals surface area contributed by atoms with Gasteiger partial charge < -0.3 is 9.67 Å². The molecule has 1 heterocycles. The minimum atomic E-state index is -1.49. The van der Waals surface area contributed by atoms with Gasteiger partial charge in [-0.05, 0) is 12.1 Å². The number of aromatic nitrogens is 2. The third-order valence-electron chi connectivity index (χ3n) is 2.18. The van der Waals surface area contributed by atoms with E-state index in [-0.39, 0.29) is 5.82 Å². The number of ketones is 1. The first-order valence-corrected chi connectivity index (χ1v) is 4.30. The SMILES string of the molecule is Cn1c(C(=O)C(=O)O)nc2ccccc21. The van der Waals surface area contributed by atoms with Crippen LogP contribution in [0.3, 0.4) is 0 Å². The fourth-order valence-electron chi connectivity index (χ4n) is 1.44. The fraction of sp³-hybridized carbons (Fsp3) is 0.100. The molecule has 5 nitrogen and oxygen atoms in total. The zero-order valence-corrected chi connectivity index (χ0v) is 7.97. The van der Waals surface area contributed by atoms with Crippen molar-refractivity contribution in [1.82, 2.24) is 9.55 Å². The Kier molecular flexibility index (Phi) is 2.00. The van der Waals surface area contributed by atoms with Crippen molar-refractivity contribution < 1.29 is 14.7 Å². The zero-order chi connectivity index (χ0) is 11.0. The molecule has 0 amide bonds. The molecule has 76 valence electrons. The van der Waals surface area contributed by atoms with Crippen molar-refractivity contribution in [3.05, 3.63) is 30.1 Å². The fourth-order valence-corrected chi connectivity index (χ4v) is 1.44. The number of Topliss-reactive ketones (excluding diaryl/α,β-unsaturated/α-hetero) is 1. The number of aliphatic carboxylic acids is 1. The van der Waals surface area contributed by atoms with Gasteiger partial charge in [0.1, 0.15) is 0 Å². The van der Waals surface area contributed by atoms with Gasteiger partial charge in [0, 0.05) is 7.05 Å². The number of hydrogen-bond acceptors (Lipinski definition) is 3. The van der Waals surface area contributed by atoms with Crippen LogP contribution in [0.1, 0.15) is 10.6 Å². The van der Waals surface area contributed by atoms with Gasteiger partial charge in [-0.15, -0.1) is 0 Å². The van der Waals surface area contributed by atoms with E-state index >= 15 is 0 Å². The molecule has 0 fully saturated rings. The maximum atomic E-state index is 11.3. The summed E-state index contributed by atoms with van der Waals surface area (Å²) < 4.78 is 1.48. The number of hydrogen-bond donors (Lipinski definition) is 1. The number of nitrogens with zero attached hydrogens (tertiary/aromatic N) is 2. The van der Waals surface area contributed by atoms with E-state index in [1.165, 1.54) is 4.57 Å². The van der Waals surface area contributed by atoms with Gasteiger partial charge in [-0.3, -0.25) is 4.79 Å². The van der Waals surface area contributed by atoms with Gasteiger partial charge in [0.15, 0.2) is 5.82 Å². The summed E-state index contributed by atoms with van der Waals surface area (Å²) in [5.41, 5.74) is 1.35. The van der Waals surface area contributed by atoms with Gasteiger partial charge in [-0.2, -0.15) is 0 Å². The Balaban J connectivity index is 2.68. The van der Waals surface area contributed by atoms with Crippen molar-refractivity contribution in [2.75, 3.05) is 0 Å². The molecule has 15 heavy (non-hydrogen) atoms. The average Bonchev–Trinajstić information content (AvgIpc) is 2.56. The number of carboxylic acids is 1. The number of aryl methyl sites for hydroxylation is 1. The van der Waals surface area contributed by atoms with E-state index < -0.39 is 11.8 Å². The lowest BCUT2D eigenvalue weighted by atomic mass is 10.3. The Morgan fingerprint density at radius 3 is 2.60 bits per heavy atom. The first-order chi connectivity index (χ1) is 7.11. The normalized spacial score (nSPS) is 10.5. The molecule has 0 aliphatic rings. The Morgan fingerprint density at radius 2 is 2.00 bits per heavy atom. The Morgan fingerprint density at radius 1 is 1.33 bits per heavy atom. The zero-order valence-electron chi connectivity index (χ0n) is 7.97. The Labute approximate surface area is 85.0 Å². The number of carbonyl (C=O) groups excluding carboxylic acids is 1. The second-order valence-electron chi connectivity index (χ2n) is 3.12. The largest absolute Gasteiger partial charge is 0.475 e. The van der Waals surface area contributed by atoms with Crippen molar-refractivity contribution in [2.24, 2.45) is 7.05 Å². The third-order valence-corrected chi connectivity index (χ3v) is 2.18. The molecule has 0 unspecified atom stereocenters. The summed E-state index contributed by atoms with van der Waals surface area (Å²) in [6.07, 6.45) is 0. The standard InChI is InChI=1S/C10H8N2O3/c1-12-7-5-3-2-4-6(7)11-9(12)8(13)10(14)15/h2-5H,1H3,(H,14,15). The highest BCUT2D eigenvalue weighted by Crippen LogP contribution is 2.14. The highest BCUT2D eigenvalue weighted by molar-refractivity contribution is 6.39. The van der Waals surface area contributed by atoms with E-state index in [0.29, 0.717) is 5.52 Å². The molecule has 1 N–H and O–H groups in total. The topological polar surface area (TPSA) is 72.2 Å². The van der Waals surface area contributed by atoms with Crippen LogP contribution in [0.15, 0.2) is 24.3 Å². The monoisotopic (exact) mass is 204 g/mol. The molecule has 0 aliphatic heterocycles. The first-order valence-electron chi connectivity index (χ1n) is 4.30. The second kappa shape index (κ2) is 3.20. The number of imidazole rings is 1. The molecule has 0 spiro atoms. The summed E-state index contributed by atoms with van der Waals surface area (Å²) in [6, 6.07) is 7.10. The molecule has 1 aromatic carbocycles. The smallest absolute Gasteiger partial charge is 0.380 e. The predicted molar refractivity (Wildman–Crippen MR) is 52.7 cm³/mol. The van der Waals surface area contributed by atoms with E-state index in [9.17, 15) is 9.59 Å². The van der Waals surface area contributed by atoms with Crippen LogP contribution in [0.2, 0.25) is 0 Å². The van der Waals surface area contributed by atoms with Crippen LogP contribution in [0.4, 0.5) is 0 Å². The van der Waals surface area contributed by atoms with E-state index in [0.717, 1.165) is 5.52 Å². The third kappa shape index (κ3) is 1.38. The number of fused-ring (bicyclic) bond motifs is 1. The van der Waals surface area contributed by atoms with Crippen LogP contribution in [0.5, 0.6) is 0 Å². The lowest BCUT2D eigenvalue weighted by Gasteiger charge is -1.96. The summed E-state index contributed by atoms with van der Waals surface area (Å²) in [5.74, 6) is -2.54. The summed E-state index contributed by atoms with van der Waals surface area (Å²) in [6.45, 7) is 0. The molecular formula is C10H8N2O3. The van der Waals surface area contributed by atoms with Crippen LogP contribution >= 0.6 is 0 Å². The van der Waals surface area contributed by atoms with Crippen molar-refractivity contribution in [3.63, 3.8) is 0 Å². The minimum absolute atomic E-state index is 0.0521. The van der Waals surface area contributed by atoms with Crippen LogP contribution < -0.4 is 0 Å². The number of benzene rings is 1. The lowest BCUT2D eigenvalue weighted by molar-refractivity contribution is -0.131. The molecule has 5 heteroatoms. The minimum Gasteiger partial charge on any atom is -0.475 e. The maximum Gasteiger partial charge on any atom is 0.380 e. The second-order valence-corrected chi connectivity index (χ2v) is 3.12. The molecule has 2 aromatic rings. The number of carbonyl (C=O) groups is 2. The molecule has 0 bridgehead atoms. The summed E-state index contributed by atoms with van der Waals surface area (Å²) in [5, 5.41) is 8.58. The molecule has 0 atom stereocenters. The first kappa shape index (κ1) is 9.39. The van der Waals surface area contributed by atoms with Gasteiger partial charge in [0.25, 0.3) is 0 Å². The van der Waals surface area contributed by atoms with Gasteiger partial charge in [-0.25, -0.2) is 9.78 Å². The molecule has 0 aliphatic carbocycles. The average molecular weight is 204 g/mol. The van der Waals surface area contributed by atoms with Crippen LogP contribution in [-0.4, -0.2) is 26.4 Å². The Hall–Kier alpha value is -2.17. The van der Waals surface area contributed by atoms with E-state index in [4.69, 9.17) is 5.11 Å². The number of para-hydroxylation sites is 2. The maximum absolute atomic E-state index is 11.3. The van der Waals surface area contributed by atoms with Crippen molar-refractivity contribution >= 4 is 22.8 Å². The van der Waals surface area contributed by atoms with E-state index in [2.05, 4.69) is 4.98 Å². The van der Waals surface area contributed by atoms with Crippen LogP contribution in [0.25, 0.3) is 11.0 Å². The molecule has 0 saturated heterocycles.